The Balaban J connectivity index is 2.08. The molecule has 0 fully saturated rings. The molecule has 2 heterocycles. The van der Waals surface area contributed by atoms with Crippen LogP contribution in [0.3, 0.4) is 0 Å². The minimum atomic E-state index is 0.809. The maximum Gasteiger partial charge on any atom is 0.132 e. The lowest BCUT2D eigenvalue weighted by Gasteiger charge is -2.09. The summed E-state index contributed by atoms with van der Waals surface area (Å²) in [4.78, 5) is 10.2. The standard InChI is InChI=1S/C13H18N4S/c1-3-11-16-12(14-4-2)8-13(17-11)15-9-10-6-5-7-18-10/h5-8H,3-4,9H2,1-2H3,(H2,14,15,16,17). The molecule has 0 aliphatic carbocycles. The molecule has 96 valence electrons. The van der Waals surface area contributed by atoms with Crippen molar-refractivity contribution in [1.82, 2.24) is 9.97 Å². The maximum absolute atomic E-state index is 4.48. The molecule has 0 aliphatic rings. The highest BCUT2D eigenvalue weighted by Crippen LogP contribution is 2.14. The molecule has 2 aromatic heterocycles. The van der Waals surface area contributed by atoms with Gasteiger partial charge in [-0.3, -0.25) is 0 Å². The van der Waals surface area contributed by atoms with Crippen LogP contribution in [-0.4, -0.2) is 16.5 Å². The zero-order chi connectivity index (χ0) is 12.8. The monoisotopic (exact) mass is 262 g/mol. The first-order chi connectivity index (χ1) is 8.81. The Kier molecular flexibility index (Phi) is 4.52. The van der Waals surface area contributed by atoms with E-state index in [-0.39, 0.29) is 0 Å². The van der Waals surface area contributed by atoms with Crippen LogP contribution in [0.25, 0.3) is 0 Å². The summed E-state index contributed by atoms with van der Waals surface area (Å²) in [6.45, 7) is 5.80. The molecular formula is C13H18N4S. The smallest absolute Gasteiger partial charge is 0.132 e. The van der Waals surface area contributed by atoms with Gasteiger partial charge in [-0.1, -0.05) is 13.0 Å². The van der Waals surface area contributed by atoms with Gasteiger partial charge < -0.3 is 10.6 Å². The fourth-order valence-corrected chi connectivity index (χ4v) is 2.25. The summed E-state index contributed by atoms with van der Waals surface area (Å²) in [7, 11) is 0. The minimum Gasteiger partial charge on any atom is -0.370 e. The molecule has 2 aromatic rings. The molecule has 0 aromatic carbocycles. The summed E-state index contributed by atoms with van der Waals surface area (Å²) in [5, 5.41) is 8.65. The van der Waals surface area contributed by atoms with Crippen molar-refractivity contribution in [1.29, 1.82) is 0 Å². The first-order valence-corrected chi connectivity index (χ1v) is 7.08. The van der Waals surface area contributed by atoms with Crippen molar-refractivity contribution < 1.29 is 0 Å². The van der Waals surface area contributed by atoms with Gasteiger partial charge in [-0.2, -0.15) is 0 Å². The van der Waals surface area contributed by atoms with Gasteiger partial charge in [0.2, 0.25) is 0 Å². The van der Waals surface area contributed by atoms with Gasteiger partial charge in [0, 0.05) is 23.9 Å². The third kappa shape index (κ3) is 3.43. The molecule has 18 heavy (non-hydrogen) atoms. The number of anilines is 2. The number of nitrogens with zero attached hydrogens (tertiary/aromatic N) is 2. The third-order valence-electron chi connectivity index (χ3n) is 2.47. The van der Waals surface area contributed by atoms with Crippen LogP contribution in [0.15, 0.2) is 23.6 Å². The fraction of sp³-hybridized carbons (Fsp3) is 0.385. The van der Waals surface area contributed by atoms with E-state index in [4.69, 9.17) is 0 Å². The van der Waals surface area contributed by atoms with Crippen molar-refractivity contribution in [2.45, 2.75) is 26.8 Å². The van der Waals surface area contributed by atoms with E-state index in [0.717, 1.165) is 37.0 Å². The molecule has 0 radical (unpaired) electrons. The number of hydrogen-bond acceptors (Lipinski definition) is 5. The molecule has 0 unspecified atom stereocenters. The van der Waals surface area contributed by atoms with Gasteiger partial charge in [-0.25, -0.2) is 9.97 Å². The Morgan fingerprint density at radius 3 is 2.56 bits per heavy atom. The number of nitrogens with one attached hydrogen (secondary N) is 2. The molecule has 0 amide bonds. The van der Waals surface area contributed by atoms with Crippen molar-refractivity contribution in [3.8, 4) is 0 Å². The average Bonchev–Trinajstić information content (AvgIpc) is 2.89. The Hall–Kier alpha value is -1.62. The third-order valence-corrected chi connectivity index (χ3v) is 3.35. The van der Waals surface area contributed by atoms with Gasteiger partial charge in [0.1, 0.15) is 17.5 Å². The van der Waals surface area contributed by atoms with Crippen LogP contribution in [0.5, 0.6) is 0 Å². The van der Waals surface area contributed by atoms with Gasteiger partial charge in [0.25, 0.3) is 0 Å². The highest BCUT2D eigenvalue weighted by molar-refractivity contribution is 7.09. The van der Waals surface area contributed by atoms with Crippen LogP contribution >= 0.6 is 11.3 Å². The topological polar surface area (TPSA) is 49.8 Å². The van der Waals surface area contributed by atoms with Crippen LogP contribution < -0.4 is 10.6 Å². The molecule has 0 bridgehead atoms. The van der Waals surface area contributed by atoms with E-state index in [9.17, 15) is 0 Å². The van der Waals surface area contributed by atoms with Crippen molar-refractivity contribution in [3.05, 3.63) is 34.3 Å². The zero-order valence-electron chi connectivity index (χ0n) is 10.7. The second kappa shape index (κ2) is 6.35. The second-order valence-electron chi connectivity index (χ2n) is 3.87. The Bertz CT molecular complexity index is 482. The van der Waals surface area contributed by atoms with Gasteiger partial charge in [-0.05, 0) is 18.4 Å². The first kappa shape index (κ1) is 12.8. The molecule has 2 rings (SSSR count). The van der Waals surface area contributed by atoms with E-state index in [1.165, 1.54) is 4.88 Å². The molecule has 0 aliphatic heterocycles. The molecule has 0 saturated carbocycles. The summed E-state index contributed by atoms with van der Waals surface area (Å²) < 4.78 is 0. The van der Waals surface area contributed by atoms with Gasteiger partial charge >= 0.3 is 0 Å². The van der Waals surface area contributed by atoms with Crippen molar-refractivity contribution >= 4 is 23.0 Å². The van der Waals surface area contributed by atoms with Gasteiger partial charge in [0.15, 0.2) is 0 Å². The summed E-state index contributed by atoms with van der Waals surface area (Å²) in [5.41, 5.74) is 0. The summed E-state index contributed by atoms with van der Waals surface area (Å²) in [6, 6.07) is 6.13. The van der Waals surface area contributed by atoms with E-state index in [1.807, 2.05) is 6.07 Å². The second-order valence-corrected chi connectivity index (χ2v) is 4.90. The summed E-state index contributed by atoms with van der Waals surface area (Å²) >= 11 is 1.75. The van der Waals surface area contributed by atoms with E-state index in [1.54, 1.807) is 11.3 Å². The van der Waals surface area contributed by atoms with Gasteiger partial charge in [0.05, 0.1) is 6.54 Å². The fourth-order valence-electron chi connectivity index (χ4n) is 1.61. The molecule has 0 spiro atoms. The van der Waals surface area contributed by atoms with Crippen LogP contribution in [0.2, 0.25) is 0 Å². The van der Waals surface area contributed by atoms with Crippen LogP contribution in [0, 0.1) is 0 Å². The number of thiophene rings is 1. The number of rotatable bonds is 6. The van der Waals surface area contributed by atoms with E-state index in [0.29, 0.717) is 0 Å². The Labute approximate surface area is 111 Å². The first-order valence-electron chi connectivity index (χ1n) is 6.20. The number of hydrogen-bond donors (Lipinski definition) is 2. The lowest BCUT2D eigenvalue weighted by molar-refractivity contribution is 0.931. The minimum absolute atomic E-state index is 0.809. The van der Waals surface area contributed by atoms with E-state index >= 15 is 0 Å². The van der Waals surface area contributed by atoms with Crippen molar-refractivity contribution in [2.75, 3.05) is 17.2 Å². The Morgan fingerprint density at radius 2 is 1.94 bits per heavy atom. The SMILES string of the molecule is CCNc1cc(NCc2cccs2)nc(CC)n1. The molecular weight excluding hydrogens is 244 g/mol. The van der Waals surface area contributed by atoms with Crippen molar-refractivity contribution in [3.63, 3.8) is 0 Å². The quantitative estimate of drug-likeness (QED) is 0.839. The van der Waals surface area contributed by atoms with Crippen molar-refractivity contribution in [2.24, 2.45) is 0 Å². The van der Waals surface area contributed by atoms with Gasteiger partial charge in [-0.15, -0.1) is 11.3 Å². The van der Waals surface area contributed by atoms with Crippen LogP contribution in [0.1, 0.15) is 24.5 Å². The average molecular weight is 262 g/mol. The highest BCUT2D eigenvalue weighted by atomic mass is 32.1. The molecule has 5 heteroatoms. The predicted molar refractivity (Wildman–Crippen MR) is 77.2 cm³/mol. The molecule has 0 saturated heterocycles. The van der Waals surface area contributed by atoms with E-state index in [2.05, 4.69) is 52.0 Å². The normalized spacial score (nSPS) is 10.3. The summed E-state index contributed by atoms with van der Waals surface area (Å²) in [6.07, 6.45) is 0.840. The zero-order valence-corrected chi connectivity index (χ0v) is 11.5. The predicted octanol–water partition coefficient (Wildman–Crippen LogP) is 3.14. The lowest BCUT2D eigenvalue weighted by Crippen LogP contribution is -2.07. The number of aryl methyl sites for hydroxylation is 1. The van der Waals surface area contributed by atoms with Crippen LogP contribution in [-0.2, 0) is 13.0 Å². The molecule has 4 nitrogen and oxygen atoms in total. The number of aromatic nitrogens is 2. The lowest BCUT2D eigenvalue weighted by atomic mass is 10.4. The largest absolute Gasteiger partial charge is 0.370 e. The highest BCUT2D eigenvalue weighted by Gasteiger charge is 2.03. The molecule has 2 N–H and O–H groups in total. The summed E-state index contributed by atoms with van der Waals surface area (Å²) in [5.74, 6) is 2.63. The van der Waals surface area contributed by atoms with E-state index < -0.39 is 0 Å². The maximum atomic E-state index is 4.48. The Morgan fingerprint density at radius 1 is 1.17 bits per heavy atom. The molecule has 0 atom stereocenters. The van der Waals surface area contributed by atoms with Crippen LogP contribution in [0.4, 0.5) is 11.6 Å².